The standard InChI is InChI=1S/C28H21ClFN5O2/c1-18-24(27(29)35(34-18)23-13-11-22(30)12-14-23)16-32-33-28(36)21-9-7-19(8-10-21)17-37-25-6-2-4-20-5-3-15-31-26(20)25/h2-16H,17H2,1H3,(H,33,36)/b32-16+. The Balaban J connectivity index is 1.21. The van der Waals surface area contributed by atoms with E-state index in [0.717, 1.165) is 16.5 Å². The van der Waals surface area contributed by atoms with Crippen molar-refractivity contribution in [3.63, 3.8) is 0 Å². The minimum atomic E-state index is -0.373. The van der Waals surface area contributed by atoms with E-state index in [-0.39, 0.29) is 11.7 Å². The van der Waals surface area contributed by atoms with Crippen LogP contribution in [0.3, 0.4) is 0 Å². The van der Waals surface area contributed by atoms with Crippen molar-refractivity contribution < 1.29 is 13.9 Å². The molecule has 3 aromatic carbocycles. The fourth-order valence-electron chi connectivity index (χ4n) is 3.74. The van der Waals surface area contributed by atoms with Crippen molar-refractivity contribution in [2.75, 3.05) is 0 Å². The van der Waals surface area contributed by atoms with Crippen LogP contribution in [0.4, 0.5) is 4.39 Å². The maximum absolute atomic E-state index is 13.2. The topological polar surface area (TPSA) is 81.4 Å². The maximum atomic E-state index is 13.2. The second kappa shape index (κ2) is 10.6. The van der Waals surface area contributed by atoms with Gasteiger partial charge in [-0.1, -0.05) is 41.9 Å². The minimum absolute atomic E-state index is 0.299. The largest absolute Gasteiger partial charge is 0.487 e. The summed E-state index contributed by atoms with van der Waals surface area (Å²) < 4.78 is 20.7. The quantitative estimate of drug-likeness (QED) is 0.218. The van der Waals surface area contributed by atoms with Crippen molar-refractivity contribution in [2.45, 2.75) is 13.5 Å². The molecule has 0 fully saturated rings. The van der Waals surface area contributed by atoms with Crippen LogP contribution in [0.1, 0.15) is 27.2 Å². The number of benzene rings is 3. The number of carbonyl (C=O) groups is 1. The summed E-state index contributed by atoms with van der Waals surface area (Å²) in [6.45, 7) is 2.11. The third kappa shape index (κ3) is 5.34. The summed E-state index contributed by atoms with van der Waals surface area (Å²) in [5.74, 6) is -0.0245. The normalized spacial score (nSPS) is 11.2. The molecule has 2 heterocycles. The van der Waals surface area contributed by atoms with Gasteiger partial charge in [-0.15, -0.1) is 0 Å². The molecule has 0 radical (unpaired) electrons. The van der Waals surface area contributed by atoms with Gasteiger partial charge in [0.1, 0.15) is 28.8 Å². The van der Waals surface area contributed by atoms with E-state index in [2.05, 4.69) is 20.6 Å². The first-order valence-corrected chi connectivity index (χ1v) is 11.8. The number of carbonyl (C=O) groups excluding carboxylic acids is 1. The number of ether oxygens (including phenoxy) is 1. The SMILES string of the molecule is Cc1nn(-c2ccc(F)cc2)c(Cl)c1/C=N/NC(=O)c1ccc(COc2cccc3cccnc23)cc1. The number of fused-ring (bicyclic) bond motifs is 1. The summed E-state index contributed by atoms with van der Waals surface area (Å²) in [7, 11) is 0. The molecular weight excluding hydrogens is 493 g/mol. The van der Waals surface area contributed by atoms with Gasteiger partial charge in [-0.3, -0.25) is 9.78 Å². The second-order valence-corrected chi connectivity index (χ2v) is 8.55. The molecule has 0 aliphatic rings. The summed E-state index contributed by atoms with van der Waals surface area (Å²) in [5.41, 5.74) is 6.42. The first-order chi connectivity index (χ1) is 18.0. The van der Waals surface area contributed by atoms with E-state index >= 15 is 0 Å². The molecule has 0 saturated heterocycles. The Bertz CT molecular complexity index is 1590. The van der Waals surface area contributed by atoms with Gasteiger partial charge < -0.3 is 4.74 Å². The fourth-order valence-corrected chi connectivity index (χ4v) is 4.06. The lowest BCUT2D eigenvalue weighted by molar-refractivity contribution is 0.0955. The van der Waals surface area contributed by atoms with Crippen LogP contribution < -0.4 is 10.2 Å². The van der Waals surface area contributed by atoms with E-state index in [1.165, 1.54) is 23.0 Å². The second-order valence-electron chi connectivity index (χ2n) is 8.19. The van der Waals surface area contributed by atoms with Crippen LogP contribution in [0.5, 0.6) is 5.75 Å². The van der Waals surface area contributed by atoms with E-state index in [0.29, 0.717) is 40.0 Å². The number of halogens is 2. The Hall–Kier alpha value is -4.56. The van der Waals surface area contributed by atoms with Crippen LogP contribution in [0, 0.1) is 12.7 Å². The first-order valence-electron chi connectivity index (χ1n) is 11.4. The first kappa shape index (κ1) is 24.1. The van der Waals surface area contributed by atoms with Crippen molar-refractivity contribution in [1.82, 2.24) is 20.2 Å². The zero-order valence-electron chi connectivity index (χ0n) is 19.7. The average Bonchev–Trinajstić information content (AvgIpc) is 3.21. The molecule has 9 heteroatoms. The van der Waals surface area contributed by atoms with E-state index in [4.69, 9.17) is 16.3 Å². The highest BCUT2D eigenvalue weighted by Gasteiger charge is 2.14. The number of amides is 1. The maximum Gasteiger partial charge on any atom is 0.271 e. The average molecular weight is 514 g/mol. The number of para-hydroxylation sites is 1. The molecule has 2 aromatic heterocycles. The van der Waals surface area contributed by atoms with Gasteiger partial charge >= 0.3 is 0 Å². The molecule has 0 bridgehead atoms. The molecule has 0 aliphatic carbocycles. The van der Waals surface area contributed by atoms with Gasteiger partial charge in [0.25, 0.3) is 5.91 Å². The van der Waals surface area contributed by atoms with Crippen molar-refractivity contribution in [1.29, 1.82) is 0 Å². The minimum Gasteiger partial charge on any atom is -0.487 e. The Labute approximate surface area is 217 Å². The molecule has 0 spiro atoms. The van der Waals surface area contributed by atoms with Gasteiger partial charge in [-0.25, -0.2) is 14.5 Å². The van der Waals surface area contributed by atoms with Crippen LogP contribution >= 0.6 is 11.6 Å². The Morgan fingerprint density at radius 2 is 1.84 bits per heavy atom. The lowest BCUT2D eigenvalue weighted by atomic mass is 10.1. The number of aromatic nitrogens is 3. The number of rotatable bonds is 7. The van der Waals surface area contributed by atoms with Crippen molar-refractivity contribution >= 4 is 34.6 Å². The Morgan fingerprint density at radius 3 is 2.62 bits per heavy atom. The molecule has 7 nitrogen and oxygen atoms in total. The highest BCUT2D eigenvalue weighted by Crippen LogP contribution is 2.24. The van der Waals surface area contributed by atoms with Crippen molar-refractivity contribution in [3.8, 4) is 11.4 Å². The fraction of sp³-hybridized carbons (Fsp3) is 0.0714. The number of pyridine rings is 1. The Kier molecular flexibility index (Phi) is 6.91. The highest BCUT2D eigenvalue weighted by molar-refractivity contribution is 6.32. The number of nitrogens with zero attached hydrogens (tertiary/aromatic N) is 4. The summed E-state index contributed by atoms with van der Waals surface area (Å²) in [5, 5.41) is 9.71. The summed E-state index contributed by atoms with van der Waals surface area (Å²) in [6, 6.07) is 22.5. The molecule has 0 aliphatic heterocycles. The van der Waals surface area contributed by atoms with Crippen LogP contribution in [0.25, 0.3) is 16.6 Å². The summed E-state index contributed by atoms with van der Waals surface area (Å²) >= 11 is 6.45. The number of nitrogens with one attached hydrogen (secondary N) is 1. The third-order valence-electron chi connectivity index (χ3n) is 5.69. The molecular formula is C28H21ClFN5O2. The molecule has 0 saturated carbocycles. The van der Waals surface area contributed by atoms with Gasteiger partial charge in [0.15, 0.2) is 0 Å². The Morgan fingerprint density at radius 1 is 1.08 bits per heavy atom. The lowest BCUT2D eigenvalue weighted by Crippen LogP contribution is -2.17. The van der Waals surface area contributed by atoms with Crippen molar-refractivity contribution in [2.24, 2.45) is 5.10 Å². The predicted octanol–water partition coefficient (Wildman–Crippen LogP) is 5.86. The van der Waals surface area contributed by atoms with Gasteiger partial charge in [0.2, 0.25) is 0 Å². The van der Waals surface area contributed by atoms with Gasteiger partial charge in [-0.05, 0) is 61.0 Å². The summed E-state index contributed by atoms with van der Waals surface area (Å²) in [6.07, 6.45) is 3.17. The molecule has 1 N–H and O–H groups in total. The third-order valence-corrected chi connectivity index (χ3v) is 6.05. The number of hydrogen-bond acceptors (Lipinski definition) is 5. The molecule has 37 heavy (non-hydrogen) atoms. The summed E-state index contributed by atoms with van der Waals surface area (Å²) in [4.78, 5) is 16.9. The zero-order chi connectivity index (χ0) is 25.8. The van der Waals surface area contributed by atoms with Crippen LogP contribution in [0.15, 0.2) is 90.2 Å². The lowest BCUT2D eigenvalue weighted by Gasteiger charge is -2.09. The number of hydrogen-bond donors (Lipinski definition) is 1. The molecule has 184 valence electrons. The number of hydrazone groups is 1. The van der Waals surface area contributed by atoms with E-state index in [1.807, 2.05) is 42.5 Å². The van der Waals surface area contributed by atoms with Crippen LogP contribution in [-0.4, -0.2) is 26.9 Å². The zero-order valence-corrected chi connectivity index (χ0v) is 20.5. The molecule has 5 aromatic rings. The number of aryl methyl sites for hydroxylation is 1. The molecule has 0 unspecified atom stereocenters. The smallest absolute Gasteiger partial charge is 0.271 e. The van der Waals surface area contributed by atoms with E-state index in [1.54, 1.807) is 37.4 Å². The molecule has 0 atom stereocenters. The van der Waals surface area contributed by atoms with E-state index in [9.17, 15) is 9.18 Å². The predicted molar refractivity (Wildman–Crippen MR) is 141 cm³/mol. The van der Waals surface area contributed by atoms with Gasteiger partial charge in [0.05, 0.1) is 23.2 Å². The van der Waals surface area contributed by atoms with Crippen LogP contribution in [-0.2, 0) is 6.61 Å². The van der Waals surface area contributed by atoms with Crippen molar-refractivity contribution in [3.05, 3.63) is 118 Å². The monoisotopic (exact) mass is 513 g/mol. The highest BCUT2D eigenvalue weighted by atomic mass is 35.5. The van der Waals surface area contributed by atoms with E-state index < -0.39 is 0 Å². The van der Waals surface area contributed by atoms with Gasteiger partial charge in [-0.2, -0.15) is 10.2 Å². The van der Waals surface area contributed by atoms with Crippen LogP contribution in [0.2, 0.25) is 5.15 Å². The molecule has 1 amide bonds. The molecule has 5 rings (SSSR count). The van der Waals surface area contributed by atoms with Gasteiger partial charge in [0, 0.05) is 17.1 Å².